The van der Waals surface area contributed by atoms with Crippen LogP contribution in [0.2, 0.25) is 0 Å². The van der Waals surface area contributed by atoms with Gasteiger partial charge in [0.1, 0.15) is 5.82 Å². The van der Waals surface area contributed by atoms with Crippen molar-refractivity contribution < 1.29 is 5.11 Å². The van der Waals surface area contributed by atoms with E-state index in [-0.39, 0.29) is 5.88 Å². The first-order chi connectivity index (χ1) is 9.15. The smallest absolute Gasteiger partial charge is 0.197 e. The molecular formula is C15H21N3O. The number of fused-ring (bicyclic) bond motifs is 1. The molecule has 2 aromatic heterocycles. The third kappa shape index (κ3) is 2.32. The molecule has 1 unspecified atom stereocenters. The van der Waals surface area contributed by atoms with Gasteiger partial charge in [-0.25, -0.2) is 4.98 Å². The Morgan fingerprint density at radius 3 is 3.00 bits per heavy atom. The molecule has 1 N–H and O–H groups in total. The van der Waals surface area contributed by atoms with Gasteiger partial charge >= 0.3 is 0 Å². The average Bonchev–Trinajstić information content (AvgIpc) is 2.98. The van der Waals surface area contributed by atoms with E-state index in [0.717, 1.165) is 24.3 Å². The van der Waals surface area contributed by atoms with Crippen molar-refractivity contribution in [1.29, 1.82) is 0 Å². The molecule has 1 aliphatic rings. The molecule has 4 heteroatoms. The highest BCUT2D eigenvalue weighted by Crippen LogP contribution is 2.24. The Kier molecular flexibility index (Phi) is 3.19. The molecule has 2 aromatic rings. The molecule has 1 atom stereocenters. The summed E-state index contributed by atoms with van der Waals surface area (Å²) in [6.45, 7) is 6.82. The van der Waals surface area contributed by atoms with Gasteiger partial charge in [0.15, 0.2) is 5.88 Å². The molecule has 1 aliphatic heterocycles. The summed E-state index contributed by atoms with van der Waals surface area (Å²) in [5, 5.41) is 9.97. The lowest BCUT2D eigenvalue weighted by Gasteiger charge is -2.20. The number of aromatic nitrogens is 2. The van der Waals surface area contributed by atoms with Gasteiger partial charge in [0.2, 0.25) is 0 Å². The van der Waals surface area contributed by atoms with Crippen LogP contribution in [-0.2, 0) is 6.42 Å². The summed E-state index contributed by atoms with van der Waals surface area (Å²) in [4.78, 5) is 6.99. The quantitative estimate of drug-likeness (QED) is 0.919. The van der Waals surface area contributed by atoms with E-state index in [0.29, 0.717) is 12.0 Å². The minimum absolute atomic E-state index is 0.281. The van der Waals surface area contributed by atoms with Crippen molar-refractivity contribution >= 4 is 5.52 Å². The van der Waals surface area contributed by atoms with Gasteiger partial charge in [0.05, 0.1) is 11.7 Å². The molecule has 0 saturated carbocycles. The molecule has 0 amide bonds. The van der Waals surface area contributed by atoms with Crippen LogP contribution in [0, 0.1) is 5.92 Å². The molecule has 1 fully saturated rings. The van der Waals surface area contributed by atoms with Crippen LogP contribution in [0.4, 0.5) is 0 Å². The Labute approximate surface area is 113 Å². The normalized spacial score (nSPS) is 20.7. The van der Waals surface area contributed by atoms with Crippen LogP contribution in [-0.4, -0.2) is 38.5 Å². The Morgan fingerprint density at radius 2 is 2.26 bits per heavy atom. The molecule has 102 valence electrons. The monoisotopic (exact) mass is 259 g/mol. The Hall–Kier alpha value is -1.55. The van der Waals surface area contributed by atoms with Crippen LogP contribution in [0.1, 0.15) is 26.1 Å². The second-order valence-corrected chi connectivity index (χ2v) is 5.77. The van der Waals surface area contributed by atoms with Crippen LogP contribution in [0.5, 0.6) is 5.88 Å². The lowest BCUT2D eigenvalue weighted by Crippen LogP contribution is -2.28. The third-order valence-corrected chi connectivity index (χ3v) is 4.12. The van der Waals surface area contributed by atoms with Gasteiger partial charge in [0.25, 0.3) is 0 Å². The van der Waals surface area contributed by atoms with Crippen molar-refractivity contribution in [3.8, 4) is 5.88 Å². The second-order valence-electron chi connectivity index (χ2n) is 5.77. The highest BCUT2D eigenvalue weighted by Gasteiger charge is 2.25. The summed E-state index contributed by atoms with van der Waals surface area (Å²) in [5.41, 5.74) is 0.966. The van der Waals surface area contributed by atoms with Gasteiger partial charge in [0, 0.05) is 19.0 Å². The lowest BCUT2D eigenvalue weighted by molar-refractivity contribution is 0.264. The van der Waals surface area contributed by atoms with E-state index < -0.39 is 0 Å². The fourth-order valence-corrected chi connectivity index (χ4v) is 2.99. The number of aromatic hydroxyl groups is 1. The van der Waals surface area contributed by atoms with Crippen molar-refractivity contribution in [1.82, 2.24) is 14.3 Å². The maximum Gasteiger partial charge on any atom is 0.197 e. The van der Waals surface area contributed by atoms with Crippen molar-refractivity contribution in [2.75, 3.05) is 13.1 Å². The van der Waals surface area contributed by atoms with E-state index >= 15 is 0 Å². The fourth-order valence-electron chi connectivity index (χ4n) is 2.99. The lowest BCUT2D eigenvalue weighted by atomic mass is 10.0. The molecule has 3 rings (SSSR count). The average molecular weight is 259 g/mol. The van der Waals surface area contributed by atoms with E-state index in [1.165, 1.54) is 13.0 Å². The Bertz CT molecular complexity index is 576. The Balaban J connectivity index is 1.79. The van der Waals surface area contributed by atoms with Crippen molar-refractivity contribution in [3.63, 3.8) is 0 Å². The first kappa shape index (κ1) is 12.5. The highest BCUT2D eigenvalue weighted by atomic mass is 16.3. The summed E-state index contributed by atoms with van der Waals surface area (Å²) >= 11 is 0. The molecule has 0 spiro atoms. The molecular weight excluding hydrogens is 238 g/mol. The zero-order valence-corrected chi connectivity index (χ0v) is 11.6. The van der Waals surface area contributed by atoms with Crippen LogP contribution < -0.4 is 0 Å². The number of hydrogen-bond donors (Lipinski definition) is 1. The molecule has 1 saturated heterocycles. The molecule has 0 bridgehead atoms. The minimum atomic E-state index is 0.281. The second kappa shape index (κ2) is 4.85. The largest absolute Gasteiger partial charge is 0.494 e. The van der Waals surface area contributed by atoms with Gasteiger partial charge in [-0.3, -0.25) is 4.40 Å². The van der Waals surface area contributed by atoms with Gasteiger partial charge in [-0.05, 0) is 44.9 Å². The van der Waals surface area contributed by atoms with Gasteiger partial charge < -0.3 is 10.0 Å². The van der Waals surface area contributed by atoms with Crippen molar-refractivity contribution in [2.24, 2.45) is 5.92 Å². The summed E-state index contributed by atoms with van der Waals surface area (Å²) in [6, 6.07) is 6.17. The summed E-state index contributed by atoms with van der Waals surface area (Å²) in [7, 11) is 0. The van der Waals surface area contributed by atoms with Crippen LogP contribution in [0.3, 0.4) is 0 Å². The van der Waals surface area contributed by atoms with Crippen molar-refractivity contribution in [2.45, 2.75) is 32.7 Å². The van der Waals surface area contributed by atoms with Gasteiger partial charge in [-0.1, -0.05) is 6.07 Å². The van der Waals surface area contributed by atoms with Crippen LogP contribution in [0.25, 0.3) is 5.52 Å². The number of hydrogen-bond acceptors (Lipinski definition) is 3. The third-order valence-electron chi connectivity index (χ3n) is 4.12. The fraction of sp³-hybridized carbons (Fsp3) is 0.533. The van der Waals surface area contributed by atoms with Gasteiger partial charge in [-0.15, -0.1) is 0 Å². The van der Waals surface area contributed by atoms with Crippen LogP contribution in [0.15, 0.2) is 24.4 Å². The summed E-state index contributed by atoms with van der Waals surface area (Å²) in [6.07, 6.45) is 4.00. The summed E-state index contributed by atoms with van der Waals surface area (Å²) < 4.78 is 1.86. The Morgan fingerprint density at radius 1 is 1.42 bits per heavy atom. The molecule has 4 nitrogen and oxygen atoms in total. The number of likely N-dealkylation sites (tertiary alicyclic amines) is 1. The number of nitrogens with zero attached hydrogens (tertiary/aromatic N) is 3. The molecule has 3 heterocycles. The molecule has 0 aromatic carbocycles. The molecule has 0 radical (unpaired) electrons. The van der Waals surface area contributed by atoms with E-state index in [4.69, 9.17) is 0 Å². The van der Waals surface area contributed by atoms with E-state index in [1.807, 2.05) is 22.7 Å². The topological polar surface area (TPSA) is 40.8 Å². The number of imidazole rings is 1. The first-order valence-corrected chi connectivity index (χ1v) is 7.03. The standard InChI is InChI=1S/C15H21N3O/c1-11(2)17-7-6-12(10-17)8-14-16-9-13-4-3-5-15(19)18(13)14/h3-5,9,11-12,19H,6-8,10H2,1-2H3. The summed E-state index contributed by atoms with van der Waals surface area (Å²) in [5.74, 6) is 1.90. The SMILES string of the molecule is CC(C)N1CCC(Cc2ncc3cccc(O)n23)C1. The maximum absolute atomic E-state index is 9.97. The molecule has 19 heavy (non-hydrogen) atoms. The van der Waals surface area contributed by atoms with E-state index in [9.17, 15) is 5.11 Å². The highest BCUT2D eigenvalue weighted by molar-refractivity contribution is 5.48. The zero-order chi connectivity index (χ0) is 13.4. The maximum atomic E-state index is 9.97. The zero-order valence-electron chi connectivity index (χ0n) is 11.6. The number of pyridine rings is 1. The van der Waals surface area contributed by atoms with Crippen molar-refractivity contribution in [3.05, 3.63) is 30.2 Å². The first-order valence-electron chi connectivity index (χ1n) is 7.03. The van der Waals surface area contributed by atoms with Gasteiger partial charge in [-0.2, -0.15) is 0 Å². The van der Waals surface area contributed by atoms with Crippen LogP contribution >= 0.6 is 0 Å². The predicted molar refractivity (Wildman–Crippen MR) is 75.4 cm³/mol. The molecule has 0 aliphatic carbocycles. The number of rotatable bonds is 3. The minimum Gasteiger partial charge on any atom is -0.494 e. The van der Waals surface area contributed by atoms with E-state index in [1.54, 1.807) is 6.07 Å². The predicted octanol–water partition coefficient (Wildman–Crippen LogP) is 2.31. The van der Waals surface area contributed by atoms with E-state index in [2.05, 4.69) is 23.7 Å².